The molecule has 2 amide bonds. The smallest absolute Gasteiger partial charge is 0.265 e. The third-order valence-corrected chi connectivity index (χ3v) is 8.99. The molecule has 4 aliphatic carbocycles. The second-order valence-electron chi connectivity index (χ2n) is 11.3. The van der Waals surface area contributed by atoms with Crippen LogP contribution in [0.15, 0.2) is 42.0 Å². The fourth-order valence-electron chi connectivity index (χ4n) is 7.57. The van der Waals surface area contributed by atoms with Crippen LogP contribution in [-0.2, 0) is 9.59 Å². The predicted octanol–water partition coefficient (Wildman–Crippen LogP) is 3.70. The van der Waals surface area contributed by atoms with Crippen molar-refractivity contribution in [3.8, 4) is 22.6 Å². The molecule has 5 aliphatic rings. The molecular weight excluding hydrogens is 486 g/mol. The number of H-pyrrole nitrogens is 2. The van der Waals surface area contributed by atoms with Gasteiger partial charge in [-0.3, -0.25) is 19.8 Å². The molecule has 2 aromatic heterocycles. The van der Waals surface area contributed by atoms with Crippen LogP contribution in [-0.4, -0.2) is 54.0 Å². The minimum atomic E-state index is -0.446. The molecule has 9 nitrogen and oxygen atoms in total. The number of aromatic nitrogens is 5. The topological polar surface area (TPSA) is 120 Å². The second kappa shape index (κ2) is 8.44. The Kier molecular flexibility index (Phi) is 5.14. The average molecular weight is 514 g/mol. The molecular formula is C27H27N7O2S. The first-order valence-corrected chi connectivity index (χ1v) is 13.3. The number of carbonyl (C=O) groups excluding carboxylic acids is 2. The lowest BCUT2D eigenvalue weighted by Crippen LogP contribution is -2.59. The minimum Gasteiger partial charge on any atom is -0.355 e. The first-order chi connectivity index (χ1) is 17.9. The van der Waals surface area contributed by atoms with E-state index in [2.05, 4.69) is 30.9 Å². The van der Waals surface area contributed by atoms with Crippen LogP contribution in [0, 0.1) is 23.2 Å². The Morgan fingerprint density at radius 3 is 2.30 bits per heavy atom. The van der Waals surface area contributed by atoms with Crippen molar-refractivity contribution in [2.24, 2.45) is 23.2 Å². The number of thiocarbonyl (C=S) groups is 1. The molecule has 1 aromatic carbocycles. The number of amides is 2. The zero-order valence-electron chi connectivity index (χ0n) is 20.2. The van der Waals surface area contributed by atoms with Crippen molar-refractivity contribution >= 4 is 35.2 Å². The fourth-order valence-corrected chi connectivity index (χ4v) is 7.81. The third-order valence-electron chi connectivity index (χ3n) is 8.67. The number of aromatic amines is 2. The van der Waals surface area contributed by atoms with Gasteiger partial charge in [-0.05, 0) is 108 Å². The number of hydrogen-bond acceptors (Lipinski definition) is 6. The molecule has 1 aliphatic heterocycles. The first-order valence-electron chi connectivity index (χ1n) is 12.9. The number of tetrazole rings is 1. The van der Waals surface area contributed by atoms with Crippen LogP contribution in [0.3, 0.4) is 0 Å². The SMILES string of the molecule is O=C1NC(=S)N(CC23CC4CC(CC(C4)C2)C3)C(=O)/C1=C\c1ccc(-c2ccc(-c3nnn[nH]3)cc2)[nH]1. The van der Waals surface area contributed by atoms with E-state index in [0.29, 0.717) is 18.1 Å². The summed E-state index contributed by atoms with van der Waals surface area (Å²) in [7, 11) is 0. The van der Waals surface area contributed by atoms with Crippen molar-refractivity contribution in [2.75, 3.05) is 6.54 Å². The van der Waals surface area contributed by atoms with Gasteiger partial charge >= 0.3 is 0 Å². The molecule has 4 saturated carbocycles. The number of rotatable bonds is 5. The van der Waals surface area contributed by atoms with Gasteiger partial charge in [-0.15, -0.1) is 5.10 Å². The summed E-state index contributed by atoms with van der Waals surface area (Å²) in [5.41, 5.74) is 3.64. The van der Waals surface area contributed by atoms with E-state index in [1.807, 2.05) is 36.4 Å². The predicted molar refractivity (Wildman–Crippen MR) is 140 cm³/mol. The highest BCUT2D eigenvalue weighted by atomic mass is 32.1. The molecule has 0 atom stereocenters. The van der Waals surface area contributed by atoms with Crippen molar-refractivity contribution in [1.82, 2.24) is 35.8 Å². The Bertz CT molecular complexity index is 1390. The van der Waals surface area contributed by atoms with Crippen LogP contribution >= 0.6 is 12.2 Å². The Hall–Kier alpha value is -3.66. The number of nitrogens with one attached hydrogen (secondary N) is 3. The number of benzene rings is 1. The molecule has 8 rings (SSSR count). The van der Waals surface area contributed by atoms with Crippen LogP contribution in [0.2, 0.25) is 0 Å². The summed E-state index contributed by atoms with van der Waals surface area (Å²) >= 11 is 5.48. The number of carbonyl (C=O) groups is 2. The van der Waals surface area contributed by atoms with Crippen LogP contribution in [0.5, 0.6) is 0 Å². The molecule has 188 valence electrons. The monoisotopic (exact) mass is 513 g/mol. The van der Waals surface area contributed by atoms with Gasteiger partial charge in [0.05, 0.1) is 0 Å². The molecule has 1 saturated heterocycles. The van der Waals surface area contributed by atoms with Crippen LogP contribution in [0.1, 0.15) is 44.2 Å². The quantitative estimate of drug-likeness (QED) is 0.272. The Morgan fingerprint density at radius 1 is 0.973 bits per heavy atom. The van der Waals surface area contributed by atoms with E-state index < -0.39 is 5.91 Å². The molecule has 37 heavy (non-hydrogen) atoms. The molecule has 5 fully saturated rings. The van der Waals surface area contributed by atoms with Crippen molar-refractivity contribution in [3.05, 3.63) is 47.7 Å². The summed E-state index contributed by atoms with van der Waals surface area (Å²) in [5, 5.41) is 16.9. The van der Waals surface area contributed by atoms with E-state index in [4.69, 9.17) is 12.2 Å². The van der Waals surface area contributed by atoms with Gasteiger partial charge in [0, 0.05) is 23.5 Å². The maximum atomic E-state index is 13.6. The highest BCUT2D eigenvalue weighted by molar-refractivity contribution is 7.80. The van der Waals surface area contributed by atoms with Crippen molar-refractivity contribution in [3.63, 3.8) is 0 Å². The van der Waals surface area contributed by atoms with Crippen molar-refractivity contribution in [1.29, 1.82) is 0 Å². The summed E-state index contributed by atoms with van der Waals surface area (Å²) in [6.45, 7) is 0.606. The molecule has 10 heteroatoms. The van der Waals surface area contributed by atoms with Crippen LogP contribution < -0.4 is 5.32 Å². The van der Waals surface area contributed by atoms with Gasteiger partial charge in [0.25, 0.3) is 11.8 Å². The lowest BCUT2D eigenvalue weighted by molar-refractivity contribution is -0.132. The van der Waals surface area contributed by atoms with Crippen molar-refractivity contribution < 1.29 is 9.59 Å². The van der Waals surface area contributed by atoms with Gasteiger partial charge < -0.3 is 4.98 Å². The fraction of sp³-hybridized carbons (Fsp3) is 0.407. The zero-order chi connectivity index (χ0) is 25.1. The van der Waals surface area contributed by atoms with Gasteiger partial charge in [0.2, 0.25) is 0 Å². The van der Waals surface area contributed by atoms with Gasteiger partial charge in [-0.2, -0.15) is 0 Å². The second-order valence-corrected chi connectivity index (χ2v) is 11.7. The van der Waals surface area contributed by atoms with Gasteiger partial charge in [-0.25, -0.2) is 5.10 Å². The van der Waals surface area contributed by atoms with E-state index in [1.54, 1.807) is 11.0 Å². The summed E-state index contributed by atoms with van der Waals surface area (Å²) in [6, 6.07) is 11.6. The molecule has 0 spiro atoms. The summed E-state index contributed by atoms with van der Waals surface area (Å²) < 4.78 is 0. The van der Waals surface area contributed by atoms with Crippen LogP contribution in [0.4, 0.5) is 0 Å². The van der Waals surface area contributed by atoms with Gasteiger partial charge in [0.15, 0.2) is 10.9 Å². The molecule has 0 radical (unpaired) electrons. The number of hydrogen-bond donors (Lipinski definition) is 3. The Balaban J connectivity index is 1.12. The van der Waals surface area contributed by atoms with Gasteiger partial charge in [-0.1, -0.05) is 24.3 Å². The average Bonchev–Trinajstić information content (AvgIpc) is 3.57. The van der Waals surface area contributed by atoms with E-state index in [1.165, 1.54) is 38.5 Å². The largest absolute Gasteiger partial charge is 0.355 e. The highest BCUT2D eigenvalue weighted by Gasteiger charge is 2.52. The Morgan fingerprint density at radius 2 is 1.65 bits per heavy atom. The highest BCUT2D eigenvalue weighted by Crippen LogP contribution is 2.60. The van der Waals surface area contributed by atoms with Crippen molar-refractivity contribution in [2.45, 2.75) is 38.5 Å². The van der Waals surface area contributed by atoms with E-state index in [-0.39, 0.29) is 22.0 Å². The minimum absolute atomic E-state index is 0.111. The summed E-state index contributed by atoms with van der Waals surface area (Å²) in [5.74, 6) is 2.19. The maximum absolute atomic E-state index is 13.6. The Labute approximate surface area is 219 Å². The molecule has 0 unspecified atom stereocenters. The standard InChI is InChI=1S/C27H27N7O2S/c35-24-21(10-20-5-6-22(28-20)18-1-3-19(4-2-18)23-30-32-33-31-23)25(36)34(26(37)29-24)14-27-11-15-7-16(12-27)9-17(8-15)13-27/h1-6,10,15-17,28H,7-9,11-14H2,(H,29,35,37)(H,30,31,32,33)/b21-10-. The molecule has 3 heterocycles. The van der Waals surface area contributed by atoms with E-state index >= 15 is 0 Å². The molecule has 3 aromatic rings. The van der Waals surface area contributed by atoms with E-state index in [0.717, 1.165) is 34.6 Å². The lowest BCUT2D eigenvalue weighted by Gasteiger charge is -2.58. The van der Waals surface area contributed by atoms with Gasteiger partial charge in [0.1, 0.15) is 5.57 Å². The molecule has 3 N–H and O–H groups in total. The third kappa shape index (κ3) is 3.99. The van der Waals surface area contributed by atoms with E-state index in [9.17, 15) is 9.59 Å². The first kappa shape index (κ1) is 22.5. The summed E-state index contributed by atoms with van der Waals surface area (Å²) in [4.78, 5) is 31.4. The molecule has 4 bridgehead atoms. The summed E-state index contributed by atoms with van der Waals surface area (Å²) in [6.07, 6.45) is 9.17. The normalized spacial score (nSPS) is 29.8. The maximum Gasteiger partial charge on any atom is 0.265 e. The van der Waals surface area contributed by atoms with Crippen LogP contribution in [0.25, 0.3) is 28.7 Å². The zero-order valence-corrected chi connectivity index (χ0v) is 21.1. The lowest BCUT2D eigenvalue weighted by atomic mass is 9.49. The number of nitrogens with zero attached hydrogens (tertiary/aromatic N) is 4.